The summed E-state index contributed by atoms with van der Waals surface area (Å²) < 4.78 is 5.14. The minimum atomic E-state index is -1.06. The highest BCUT2D eigenvalue weighted by Gasteiger charge is 2.27. The van der Waals surface area contributed by atoms with Crippen LogP contribution < -0.4 is 11.4 Å². The third-order valence-electron chi connectivity index (χ3n) is 7.02. The minimum Gasteiger partial charge on any atom is -0.480 e. The summed E-state index contributed by atoms with van der Waals surface area (Å²) in [6, 6.07) is 17.9. The van der Waals surface area contributed by atoms with Gasteiger partial charge in [-0.2, -0.15) is 0 Å². The molecule has 184 valence electrons. The number of hydrogen-bond donors (Lipinski definition) is 2. The second-order valence-corrected chi connectivity index (χ2v) is 9.46. The van der Waals surface area contributed by atoms with Gasteiger partial charge in [0.15, 0.2) is 0 Å². The van der Waals surface area contributed by atoms with Crippen LogP contribution in [0.25, 0.3) is 21.9 Å². The highest BCUT2D eigenvalue weighted by atomic mass is 16.4. The third kappa shape index (κ3) is 3.96. The lowest BCUT2D eigenvalue weighted by Crippen LogP contribution is -2.32. The Morgan fingerprint density at radius 2 is 1.75 bits per heavy atom. The number of carboxylic acids is 1. The van der Waals surface area contributed by atoms with Crippen molar-refractivity contribution in [1.29, 1.82) is 0 Å². The number of nitrogens with zero attached hydrogens (tertiary/aromatic N) is 3. The second kappa shape index (κ2) is 9.07. The Kier molecular flexibility index (Phi) is 5.92. The van der Waals surface area contributed by atoms with E-state index in [1.54, 1.807) is 22.8 Å². The molecular formula is C29H30N4O3. The molecule has 0 unspecified atom stereocenters. The quantitative estimate of drug-likeness (QED) is 0.330. The highest BCUT2D eigenvalue weighted by Crippen LogP contribution is 2.29. The molecule has 5 aromatic rings. The summed E-state index contributed by atoms with van der Waals surface area (Å²) in [4.78, 5) is 26.3. The first-order chi connectivity index (χ1) is 17.3. The lowest BCUT2D eigenvalue weighted by molar-refractivity contribution is -0.140. The third-order valence-corrected chi connectivity index (χ3v) is 7.02. The molecule has 36 heavy (non-hydrogen) atoms. The van der Waals surface area contributed by atoms with Crippen molar-refractivity contribution in [2.45, 2.75) is 39.3 Å². The molecule has 5 rings (SSSR count). The number of fused-ring (bicyclic) bond motifs is 2. The van der Waals surface area contributed by atoms with Gasteiger partial charge >= 0.3 is 11.7 Å². The van der Waals surface area contributed by atoms with E-state index in [0.29, 0.717) is 23.3 Å². The number of nitrogens with two attached hydrogens (primary N) is 1. The van der Waals surface area contributed by atoms with Gasteiger partial charge in [-0.25, -0.2) is 9.59 Å². The summed E-state index contributed by atoms with van der Waals surface area (Å²) in [5, 5.41) is 11.3. The van der Waals surface area contributed by atoms with Gasteiger partial charge < -0.3 is 15.4 Å². The number of hydrogen-bond acceptors (Lipinski definition) is 3. The molecule has 0 fully saturated rings. The zero-order chi connectivity index (χ0) is 25.6. The van der Waals surface area contributed by atoms with E-state index in [4.69, 9.17) is 5.73 Å². The molecule has 0 saturated carbocycles. The summed E-state index contributed by atoms with van der Waals surface area (Å²) in [7, 11) is 2.01. The number of aromatic nitrogens is 3. The number of aliphatic carboxylic acids is 1. The average molecular weight is 483 g/mol. The molecule has 7 nitrogen and oxygen atoms in total. The number of rotatable bonds is 7. The molecule has 0 radical (unpaired) electrons. The fraction of sp³-hybridized carbons (Fsp3) is 0.241. The van der Waals surface area contributed by atoms with Gasteiger partial charge in [0, 0.05) is 36.3 Å². The van der Waals surface area contributed by atoms with Crippen LogP contribution >= 0.6 is 0 Å². The Labute approximate surface area is 209 Å². The van der Waals surface area contributed by atoms with Gasteiger partial charge in [-0.05, 0) is 59.9 Å². The lowest BCUT2D eigenvalue weighted by Gasteiger charge is -2.14. The molecule has 0 amide bonds. The Bertz CT molecular complexity index is 1660. The highest BCUT2D eigenvalue weighted by molar-refractivity contribution is 5.88. The minimum absolute atomic E-state index is 0.192. The zero-order valence-corrected chi connectivity index (χ0v) is 20.7. The first-order valence-corrected chi connectivity index (χ1v) is 12.1. The van der Waals surface area contributed by atoms with Crippen molar-refractivity contribution < 1.29 is 9.90 Å². The molecule has 0 aliphatic rings. The Balaban J connectivity index is 1.69. The monoisotopic (exact) mass is 482 g/mol. The van der Waals surface area contributed by atoms with Gasteiger partial charge in [0.25, 0.3) is 0 Å². The number of anilines is 1. The molecule has 3 aromatic carbocycles. The van der Waals surface area contributed by atoms with Crippen LogP contribution in [0.3, 0.4) is 0 Å². The summed E-state index contributed by atoms with van der Waals surface area (Å²) in [6.07, 6.45) is 3.20. The summed E-state index contributed by atoms with van der Waals surface area (Å²) in [5.74, 6) is -1.06. The predicted molar refractivity (Wildman–Crippen MR) is 144 cm³/mol. The van der Waals surface area contributed by atoms with Crippen molar-refractivity contribution in [2.75, 3.05) is 5.73 Å². The van der Waals surface area contributed by atoms with E-state index in [1.165, 1.54) is 10.1 Å². The fourth-order valence-corrected chi connectivity index (χ4v) is 5.28. The molecule has 2 heterocycles. The van der Waals surface area contributed by atoms with Gasteiger partial charge in [0.2, 0.25) is 0 Å². The molecule has 1 atom stereocenters. The van der Waals surface area contributed by atoms with E-state index >= 15 is 0 Å². The molecule has 0 aliphatic carbocycles. The van der Waals surface area contributed by atoms with Crippen LogP contribution in [-0.2, 0) is 31.2 Å². The number of imidazole rings is 1. The van der Waals surface area contributed by atoms with Gasteiger partial charge in [-0.1, -0.05) is 43.3 Å². The van der Waals surface area contributed by atoms with E-state index in [9.17, 15) is 14.7 Å². The Morgan fingerprint density at radius 1 is 1.00 bits per heavy atom. The van der Waals surface area contributed by atoms with Gasteiger partial charge in [-0.3, -0.25) is 9.13 Å². The van der Waals surface area contributed by atoms with Gasteiger partial charge in [0.1, 0.15) is 6.04 Å². The van der Waals surface area contributed by atoms with Crippen molar-refractivity contribution in [1.82, 2.24) is 13.7 Å². The molecular weight excluding hydrogens is 452 g/mol. The van der Waals surface area contributed by atoms with Gasteiger partial charge in [0.05, 0.1) is 17.6 Å². The average Bonchev–Trinajstić information content (AvgIpc) is 3.31. The number of aryl methyl sites for hydroxylation is 3. The summed E-state index contributed by atoms with van der Waals surface area (Å²) >= 11 is 0. The number of carboxylic acid groups (broad SMARTS) is 1. The van der Waals surface area contributed by atoms with Crippen molar-refractivity contribution in [3.8, 4) is 0 Å². The fourth-order valence-electron chi connectivity index (χ4n) is 5.28. The first-order valence-electron chi connectivity index (χ1n) is 12.1. The standard InChI is InChI=1S/C29H30N4O3/c1-4-19-12-18(2)27-21(16-31(3)25(27)13-19)17-32-23-11-10-22(30)15-24(23)33(29(32)36)26(28(34)35)14-20-8-6-5-7-9-20/h5-13,15-16,26H,4,14,17,30H2,1-3H3,(H,34,35)/t26-/m0/s1. The van der Waals surface area contributed by atoms with Crippen LogP contribution in [-0.4, -0.2) is 24.8 Å². The van der Waals surface area contributed by atoms with E-state index in [0.717, 1.165) is 34.0 Å². The maximum absolute atomic E-state index is 13.9. The van der Waals surface area contributed by atoms with Crippen LogP contribution in [0, 0.1) is 6.92 Å². The SMILES string of the molecule is CCc1cc(C)c2c(Cn3c(=O)n([C@@H](Cc4ccccc4)C(=O)O)c4cc(N)ccc43)cn(C)c2c1. The maximum atomic E-state index is 13.9. The molecule has 2 aromatic heterocycles. The second-order valence-electron chi connectivity index (χ2n) is 9.46. The maximum Gasteiger partial charge on any atom is 0.330 e. The number of carbonyl (C=O) groups is 1. The van der Waals surface area contributed by atoms with Gasteiger partial charge in [-0.15, -0.1) is 0 Å². The van der Waals surface area contributed by atoms with E-state index in [1.807, 2.05) is 37.4 Å². The first kappa shape index (κ1) is 23.5. The smallest absolute Gasteiger partial charge is 0.330 e. The molecule has 0 saturated heterocycles. The predicted octanol–water partition coefficient (Wildman–Crippen LogP) is 4.66. The van der Waals surface area contributed by atoms with Crippen molar-refractivity contribution in [3.05, 3.63) is 99.6 Å². The lowest BCUT2D eigenvalue weighted by atomic mass is 10.0. The van der Waals surface area contributed by atoms with Crippen LogP contribution in [0.1, 0.15) is 35.2 Å². The summed E-state index contributed by atoms with van der Waals surface area (Å²) in [6.45, 7) is 4.56. The van der Waals surface area contributed by atoms with Crippen LogP contribution in [0.5, 0.6) is 0 Å². The largest absolute Gasteiger partial charge is 0.480 e. The van der Waals surface area contributed by atoms with Crippen molar-refractivity contribution in [2.24, 2.45) is 7.05 Å². The molecule has 7 heteroatoms. The van der Waals surface area contributed by atoms with Crippen molar-refractivity contribution in [3.63, 3.8) is 0 Å². The molecule has 0 spiro atoms. The van der Waals surface area contributed by atoms with Crippen molar-refractivity contribution >= 4 is 33.6 Å². The topological polar surface area (TPSA) is 95.2 Å². The van der Waals surface area contributed by atoms with E-state index in [-0.39, 0.29) is 12.1 Å². The summed E-state index contributed by atoms with van der Waals surface area (Å²) in [5.41, 5.74) is 12.8. The van der Waals surface area contributed by atoms with Crippen LogP contribution in [0.15, 0.2) is 71.7 Å². The normalized spacial score (nSPS) is 12.4. The van der Waals surface area contributed by atoms with E-state index in [2.05, 4.69) is 36.7 Å². The Hall–Kier alpha value is -4.26. The van der Waals surface area contributed by atoms with E-state index < -0.39 is 12.0 Å². The molecule has 0 aliphatic heterocycles. The molecule has 0 bridgehead atoms. The molecule has 3 N–H and O–H groups in total. The van der Waals surface area contributed by atoms with Crippen LogP contribution in [0.2, 0.25) is 0 Å². The Morgan fingerprint density at radius 3 is 2.44 bits per heavy atom. The number of nitrogen functional groups attached to an aromatic ring is 1. The van der Waals surface area contributed by atoms with Crippen LogP contribution in [0.4, 0.5) is 5.69 Å². The number of benzene rings is 3. The zero-order valence-electron chi connectivity index (χ0n) is 20.7.